The summed E-state index contributed by atoms with van der Waals surface area (Å²) in [5, 5.41) is 0. The van der Waals surface area contributed by atoms with Crippen molar-refractivity contribution in [1.82, 2.24) is 0 Å². The summed E-state index contributed by atoms with van der Waals surface area (Å²) in [5.74, 6) is -0.0812. The lowest BCUT2D eigenvalue weighted by Gasteiger charge is -2.11. The molecule has 18 heavy (non-hydrogen) atoms. The molecule has 0 spiro atoms. The molecule has 0 heterocycles. The SMILES string of the molecule is COc1cccc(-c2cc(CN)ccc2C)c1F. The highest BCUT2D eigenvalue weighted by molar-refractivity contribution is 5.70. The van der Waals surface area contributed by atoms with Crippen LogP contribution < -0.4 is 10.5 Å². The first-order valence-electron chi connectivity index (χ1n) is 5.80. The highest BCUT2D eigenvalue weighted by Gasteiger charge is 2.12. The van der Waals surface area contributed by atoms with Crippen LogP contribution in [0.4, 0.5) is 4.39 Å². The van der Waals surface area contributed by atoms with E-state index in [9.17, 15) is 4.39 Å². The van der Waals surface area contributed by atoms with Crippen LogP contribution in [0.25, 0.3) is 11.1 Å². The summed E-state index contributed by atoms with van der Waals surface area (Å²) in [6.45, 7) is 2.40. The van der Waals surface area contributed by atoms with Gasteiger partial charge in [-0.15, -0.1) is 0 Å². The standard InChI is InChI=1S/C15H16FNO/c1-10-6-7-11(9-17)8-13(10)12-4-3-5-14(18-2)15(12)16/h3-8H,9,17H2,1-2H3. The van der Waals surface area contributed by atoms with Crippen molar-refractivity contribution >= 4 is 0 Å². The predicted octanol–water partition coefficient (Wildman–Crippen LogP) is 3.27. The Kier molecular flexibility index (Phi) is 3.63. The van der Waals surface area contributed by atoms with Crippen molar-refractivity contribution in [3.8, 4) is 16.9 Å². The van der Waals surface area contributed by atoms with Crippen LogP contribution in [-0.4, -0.2) is 7.11 Å². The van der Waals surface area contributed by atoms with Crippen LogP contribution >= 0.6 is 0 Å². The zero-order valence-electron chi connectivity index (χ0n) is 10.5. The van der Waals surface area contributed by atoms with Crippen LogP contribution in [0.3, 0.4) is 0 Å². The van der Waals surface area contributed by atoms with Gasteiger partial charge in [0, 0.05) is 12.1 Å². The van der Waals surface area contributed by atoms with Crippen molar-refractivity contribution in [3.05, 3.63) is 53.3 Å². The van der Waals surface area contributed by atoms with Crippen molar-refractivity contribution in [2.75, 3.05) is 7.11 Å². The zero-order chi connectivity index (χ0) is 13.1. The molecule has 94 valence electrons. The van der Waals surface area contributed by atoms with E-state index in [1.54, 1.807) is 18.2 Å². The van der Waals surface area contributed by atoms with Gasteiger partial charge in [-0.05, 0) is 35.7 Å². The van der Waals surface area contributed by atoms with Crippen LogP contribution in [0.2, 0.25) is 0 Å². The van der Waals surface area contributed by atoms with E-state index in [0.717, 1.165) is 16.7 Å². The molecule has 0 saturated heterocycles. The highest BCUT2D eigenvalue weighted by atomic mass is 19.1. The number of nitrogens with two attached hydrogens (primary N) is 1. The maximum absolute atomic E-state index is 14.2. The molecule has 2 N–H and O–H groups in total. The number of ether oxygens (including phenoxy) is 1. The van der Waals surface area contributed by atoms with Gasteiger partial charge in [0.1, 0.15) is 0 Å². The van der Waals surface area contributed by atoms with Gasteiger partial charge in [-0.25, -0.2) is 4.39 Å². The van der Waals surface area contributed by atoms with Crippen LogP contribution in [0.1, 0.15) is 11.1 Å². The summed E-state index contributed by atoms with van der Waals surface area (Å²) < 4.78 is 19.2. The summed E-state index contributed by atoms with van der Waals surface area (Å²) in [4.78, 5) is 0. The fraction of sp³-hybridized carbons (Fsp3) is 0.200. The molecule has 0 aliphatic heterocycles. The lowest BCUT2D eigenvalue weighted by molar-refractivity contribution is 0.387. The number of rotatable bonds is 3. The summed E-state index contributed by atoms with van der Waals surface area (Å²) in [7, 11) is 1.46. The monoisotopic (exact) mass is 245 g/mol. The molecule has 0 saturated carbocycles. The van der Waals surface area contributed by atoms with E-state index in [2.05, 4.69) is 0 Å². The molecule has 0 amide bonds. The average molecular weight is 245 g/mol. The third-order valence-corrected chi connectivity index (χ3v) is 3.01. The van der Waals surface area contributed by atoms with E-state index >= 15 is 0 Å². The molecule has 0 fully saturated rings. The Labute approximate surface area is 106 Å². The number of methoxy groups -OCH3 is 1. The number of hydrogen-bond donors (Lipinski definition) is 1. The van der Waals surface area contributed by atoms with Gasteiger partial charge >= 0.3 is 0 Å². The molecule has 0 aromatic heterocycles. The van der Waals surface area contributed by atoms with Crippen molar-refractivity contribution in [1.29, 1.82) is 0 Å². The fourth-order valence-electron chi connectivity index (χ4n) is 1.96. The first-order valence-corrected chi connectivity index (χ1v) is 5.80. The second kappa shape index (κ2) is 5.19. The quantitative estimate of drug-likeness (QED) is 0.900. The Balaban J connectivity index is 2.61. The lowest BCUT2D eigenvalue weighted by Crippen LogP contribution is -1.98. The van der Waals surface area contributed by atoms with Gasteiger partial charge in [-0.2, -0.15) is 0 Å². The average Bonchev–Trinajstić information content (AvgIpc) is 2.40. The molecule has 3 heteroatoms. The first-order chi connectivity index (χ1) is 8.67. The molecule has 2 aromatic rings. The Bertz CT molecular complexity index is 566. The van der Waals surface area contributed by atoms with Gasteiger partial charge in [0.2, 0.25) is 0 Å². The maximum Gasteiger partial charge on any atom is 0.172 e. The lowest BCUT2D eigenvalue weighted by atomic mass is 9.97. The Morgan fingerprint density at radius 2 is 1.94 bits per heavy atom. The first kappa shape index (κ1) is 12.6. The Hall–Kier alpha value is -1.87. The van der Waals surface area contributed by atoms with Gasteiger partial charge in [-0.1, -0.05) is 24.3 Å². The van der Waals surface area contributed by atoms with E-state index in [1.807, 2.05) is 25.1 Å². The van der Waals surface area contributed by atoms with Crippen LogP contribution in [0.15, 0.2) is 36.4 Å². The van der Waals surface area contributed by atoms with Crippen LogP contribution in [0, 0.1) is 12.7 Å². The van der Waals surface area contributed by atoms with E-state index < -0.39 is 0 Å². The third-order valence-electron chi connectivity index (χ3n) is 3.01. The maximum atomic E-state index is 14.2. The van der Waals surface area contributed by atoms with Gasteiger partial charge in [0.25, 0.3) is 0 Å². The summed E-state index contributed by atoms with van der Waals surface area (Å²) >= 11 is 0. The van der Waals surface area contributed by atoms with Gasteiger partial charge in [0.05, 0.1) is 7.11 Å². The van der Waals surface area contributed by atoms with Gasteiger partial charge < -0.3 is 10.5 Å². The number of benzene rings is 2. The molecular weight excluding hydrogens is 229 g/mol. The Morgan fingerprint density at radius 3 is 2.61 bits per heavy atom. The fourth-order valence-corrected chi connectivity index (χ4v) is 1.96. The van der Waals surface area contributed by atoms with Crippen LogP contribution in [0.5, 0.6) is 5.75 Å². The van der Waals surface area contributed by atoms with E-state index in [0.29, 0.717) is 12.1 Å². The molecule has 0 radical (unpaired) electrons. The Morgan fingerprint density at radius 1 is 1.17 bits per heavy atom. The second-order valence-corrected chi connectivity index (χ2v) is 4.18. The molecule has 2 aromatic carbocycles. The van der Waals surface area contributed by atoms with Crippen molar-refractivity contribution in [3.63, 3.8) is 0 Å². The predicted molar refractivity (Wildman–Crippen MR) is 71.0 cm³/mol. The number of hydrogen-bond acceptors (Lipinski definition) is 2. The van der Waals surface area contributed by atoms with Crippen LogP contribution in [-0.2, 0) is 6.54 Å². The van der Waals surface area contributed by atoms with Crippen molar-refractivity contribution < 1.29 is 9.13 Å². The highest BCUT2D eigenvalue weighted by Crippen LogP contribution is 2.31. The van der Waals surface area contributed by atoms with Gasteiger partial charge in [-0.3, -0.25) is 0 Å². The molecule has 0 bridgehead atoms. The molecular formula is C15H16FNO. The molecule has 2 nitrogen and oxygen atoms in total. The van der Waals surface area contributed by atoms with E-state index in [-0.39, 0.29) is 11.6 Å². The molecule has 0 atom stereocenters. The minimum atomic E-state index is -0.336. The van der Waals surface area contributed by atoms with E-state index in [1.165, 1.54) is 7.11 Å². The summed E-state index contributed by atoms with van der Waals surface area (Å²) in [6, 6.07) is 11.0. The summed E-state index contributed by atoms with van der Waals surface area (Å²) in [5.41, 5.74) is 9.02. The topological polar surface area (TPSA) is 35.2 Å². The molecule has 2 rings (SSSR count). The van der Waals surface area contributed by atoms with Crippen molar-refractivity contribution in [2.45, 2.75) is 13.5 Å². The molecule has 0 aliphatic rings. The smallest absolute Gasteiger partial charge is 0.172 e. The molecule has 0 aliphatic carbocycles. The number of aryl methyl sites for hydroxylation is 1. The minimum absolute atomic E-state index is 0.255. The number of halogens is 1. The zero-order valence-corrected chi connectivity index (χ0v) is 10.5. The minimum Gasteiger partial charge on any atom is -0.494 e. The van der Waals surface area contributed by atoms with Crippen molar-refractivity contribution in [2.24, 2.45) is 5.73 Å². The normalized spacial score (nSPS) is 10.4. The largest absolute Gasteiger partial charge is 0.494 e. The molecule has 0 unspecified atom stereocenters. The third kappa shape index (κ3) is 2.22. The second-order valence-electron chi connectivity index (χ2n) is 4.18. The van der Waals surface area contributed by atoms with Gasteiger partial charge in [0.15, 0.2) is 11.6 Å². The van der Waals surface area contributed by atoms with E-state index in [4.69, 9.17) is 10.5 Å². The summed E-state index contributed by atoms with van der Waals surface area (Å²) in [6.07, 6.45) is 0.